The predicted octanol–water partition coefficient (Wildman–Crippen LogP) is 5.07. The van der Waals surface area contributed by atoms with Crippen LogP contribution in [0.5, 0.6) is 11.5 Å². The van der Waals surface area contributed by atoms with Crippen LogP contribution in [0, 0.1) is 0 Å². The third kappa shape index (κ3) is 4.14. The van der Waals surface area contributed by atoms with Gasteiger partial charge in [-0.15, -0.1) is 0 Å². The van der Waals surface area contributed by atoms with Crippen LogP contribution in [0.15, 0.2) is 42.5 Å². The van der Waals surface area contributed by atoms with E-state index in [-0.39, 0.29) is 6.04 Å². The molecule has 20 heavy (non-hydrogen) atoms. The molecule has 2 aromatic carbocycles. The fraction of sp³-hybridized carbons (Fsp3) is 0.250. The Balaban J connectivity index is 2.27. The van der Waals surface area contributed by atoms with Gasteiger partial charge in [0.25, 0.3) is 0 Å². The van der Waals surface area contributed by atoms with Gasteiger partial charge in [-0.3, -0.25) is 0 Å². The SMILES string of the molecule is CCC(N)Cc1ccc(Cl)cc1Oc1cccc(Cl)c1. The van der Waals surface area contributed by atoms with Gasteiger partial charge in [0.2, 0.25) is 0 Å². The lowest BCUT2D eigenvalue weighted by Crippen LogP contribution is -2.21. The number of nitrogens with two attached hydrogens (primary N) is 1. The molecule has 0 aliphatic rings. The minimum Gasteiger partial charge on any atom is -0.457 e. The second-order valence-electron chi connectivity index (χ2n) is 4.68. The van der Waals surface area contributed by atoms with Gasteiger partial charge >= 0.3 is 0 Å². The van der Waals surface area contributed by atoms with Crippen LogP contribution in [-0.2, 0) is 6.42 Å². The van der Waals surface area contributed by atoms with Crippen molar-refractivity contribution in [3.8, 4) is 11.5 Å². The minimum atomic E-state index is 0.109. The molecule has 0 aliphatic heterocycles. The number of halogens is 2. The number of hydrogen-bond acceptors (Lipinski definition) is 2. The molecule has 2 N–H and O–H groups in total. The van der Waals surface area contributed by atoms with Gasteiger partial charge in [-0.1, -0.05) is 42.3 Å². The van der Waals surface area contributed by atoms with Crippen molar-refractivity contribution < 1.29 is 4.74 Å². The Morgan fingerprint density at radius 3 is 2.55 bits per heavy atom. The zero-order valence-corrected chi connectivity index (χ0v) is 12.8. The third-order valence-electron chi connectivity index (χ3n) is 3.06. The standard InChI is InChI=1S/C16H17Cl2NO/c1-2-14(19)8-11-6-7-13(18)10-16(11)20-15-5-3-4-12(17)9-15/h3-7,9-10,14H,2,8,19H2,1H3. The summed E-state index contributed by atoms with van der Waals surface area (Å²) >= 11 is 12.0. The van der Waals surface area contributed by atoms with E-state index in [9.17, 15) is 0 Å². The van der Waals surface area contributed by atoms with E-state index < -0.39 is 0 Å². The van der Waals surface area contributed by atoms with Crippen molar-refractivity contribution in [2.75, 3.05) is 0 Å². The molecule has 0 saturated carbocycles. The topological polar surface area (TPSA) is 35.2 Å². The van der Waals surface area contributed by atoms with Gasteiger partial charge in [0.15, 0.2) is 0 Å². The predicted molar refractivity (Wildman–Crippen MR) is 84.9 cm³/mol. The van der Waals surface area contributed by atoms with Crippen molar-refractivity contribution in [2.45, 2.75) is 25.8 Å². The lowest BCUT2D eigenvalue weighted by Gasteiger charge is -2.14. The number of rotatable bonds is 5. The van der Waals surface area contributed by atoms with Gasteiger partial charge in [-0.25, -0.2) is 0 Å². The molecule has 0 amide bonds. The van der Waals surface area contributed by atoms with Crippen molar-refractivity contribution in [1.29, 1.82) is 0 Å². The number of hydrogen-bond donors (Lipinski definition) is 1. The van der Waals surface area contributed by atoms with Gasteiger partial charge < -0.3 is 10.5 Å². The first-order chi connectivity index (χ1) is 9.58. The maximum absolute atomic E-state index is 6.05. The fourth-order valence-electron chi connectivity index (χ4n) is 1.88. The lowest BCUT2D eigenvalue weighted by molar-refractivity contribution is 0.472. The van der Waals surface area contributed by atoms with E-state index in [1.807, 2.05) is 24.3 Å². The summed E-state index contributed by atoms with van der Waals surface area (Å²) in [6, 6.07) is 13.0. The van der Waals surface area contributed by atoms with E-state index in [0.29, 0.717) is 15.8 Å². The Morgan fingerprint density at radius 1 is 1.10 bits per heavy atom. The van der Waals surface area contributed by atoms with Crippen molar-refractivity contribution >= 4 is 23.2 Å². The van der Waals surface area contributed by atoms with Crippen molar-refractivity contribution in [1.82, 2.24) is 0 Å². The van der Waals surface area contributed by atoms with E-state index >= 15 is 0 Å². The van der Waals surface area contributed by atoms with Gasteiger partial charge in [0.1, 0.15) is 11.5 Å². The fourth-order valence-corrected chi connectivity index (χ4v) is 2.22. The van der Waals surface area contributed by atoms with Crippen LogP contribution in [0.4, 0.5) is 0 Å². The van der Waals surface area contributed by atoms with Crippen LogP contribution in [0.25, 0.3) is 0 Å². The zero-order valence-electron chi connectivity index (χ0n) is 11.3. The molecule has 0 bridgehead atoms. The van der Waals surface area contributed by atoms with Crippen LogP contribution in [0.3, 0.4) is 0 Å². The smallest absolute Gasteiger partial charge is 0.132 e. The molecule has 0 spiro atoms. The molecule has 1 unspecified atom stereocenters. The summed E-state index contributed by atoms with van der Waals surface area (Å²) in [5.74, 6) is 1.41. The van der Waals surface area contributed by atoms with Crippen molar-refractivity contribution in [3.05, 3.63) is 58.1 Å². The van der Waals surface area contributed by atoms with Crippen molar-refractivity contribution in [2.24, 2.45) is 5.73 Å². The summed E-state index contributed by atoms with van der Waals surface area (Å²) in [6.45, 7) is 2.07. The maximum Gasteiger partial charge on any atom is 0.132 e. The van der Waals surface area contributed by atoms with Crippen LogP contribution >= 0.6 is 23.2 Å². The average molecular weight is 310 g/mol. The normalized spacial score (nSPS) is 12.2. The molecule has 0 aromatic heterocycles. The Bertz CT molecular complexity index is 586. The maximum atomic E-state index is 6.05. The minimum absolute atomic E-state index is 0.109. The van der Waals surface area contributed by atoms with Crippen molar-refractivity contribution in [3.63, 3.8) is 0 Å². The molecule has 1 atom stereocenters. The van der Waals surface area contributed by atoms with E-state index in [0.717, 1.165) is 24.2 Å². The summed E-state index contributed by atoms with van der Waals surface area (Å²) in [4.78, 5) is 0. The molecule has 2 rings (SSSR count). The first kappa shape index (κ1) is 15.2. The van der Waals surface area contributed by atoms with E-state index in [2.05, 4.69) is 6.92 Å². The highest BCUT2D eigenvalue weighted by Gasteiger charge is 2.10. The second kappa shape index (κ2) is 6.98. The highest BCUT2D eigenvalue weighted by molar-refractivity contribution is 6.31. The van der Waals surface area contributed by atoms with E-state index in [4.69, 9.17) is 33.7 Å². The number of ether oxygens (including phenoxy) is 1. The molecule has 0 fully saturated rings. The third-order valence-corrected chi connectivity index (χ3v) is 3.53. The first-order valence-corrected chi connectivity index (χ1v) is 7.31. The monoisotopic (exact) mass is 309 g/mol. The summed E-state index contributed by atoms with van der Waals surface area (Å²) in [7, 11) is 0. The molecule has 0 aliphatic carbocycles. The molecule has 2 nitrogen and oxygen atoms in total. The van der Waals surface area contributed by atoms with Crippen LogP contribution in [0.2, 0.25) is 10.0 Å². The Morgan fingerprint density at radius 2 is 1.85 bits per heavy atom. The highest BCUT2D eigenvalue weighted by Crippen LogP contribution is 2.30. The molecular weight excluding hydrogens is 293 g/mol. The first-order valence-electron chi connectivity index (χ1n) is 6.56. The molecule has 0 heterocycles. The highest BCUT2D eigenvalue weighted by atomic mass is 35.5. The quantitative estimate of drug-likeness (QED) is 0.837. The molecule has 106 valence electrons. The second-order valence-corrected chi connectivity index (χ2v) is 5.56. The van der Waals surface area contributed by atoms with Gasteiger partial charge in [-0.2, -0.15) is 0 Å². The molecule has 2 aromatic rings. The molecular formula is C16H17Cl2NO. The number of benzene rings is 2. The molecule has 4 heteroatoms. The van der Waals surface area contributed by atoms with Gasteiger partial charge in [0.05, 0.1) is 0 Å². The summed E-state index contributed by atoms with van der Waals surface area (Å²) in [5.41, 5.74) is 7.06. The Kier molecular flexibility index (Phi) is 5.30. The summed E-state index contributed by atoms with van der Waals surface area (Å²) in [5, 5.41) is 1.27. The van der Waals surface area contributed by atoms with E-state index in [1.54, 1.807) is 18.2 Å². The zero-order chi connectivity index (χ0) is 14.5. The summed E-state index contributed by atoms with van der Waals surface area (Å²) in [6.07, 6.45) is 1.67. The largest absolute Gasteiger partial charge is 0.457 e. The van der Waals surface area contributed by atoms with Crippen LogP contribution in [0.1, 0.15) is 18.9 Å². The average Bonchev–Trinajstić information content (AvgIpc) is 2.41. The van der Waals surface area contributed by atoms with Crippen LogP contribution < -0.4 is 10.5 Å². The Hall–Kier alpha value is -1.22. The molecule has 0 saturated heterocycles. The van der Waals surface area contributed by atoms with E-state index in [1.165, 1.54) is 0 Å². The summed E-state index contributed by atoms with van der Waals surface area (Å²) < 4.78 is 5.89. The lowest BCUT2D eigenvalue weighted by atomic mass is 10.0. The van der Waals surface area contributed by atoms with Gasteiger partial charge in [-0.05, 0) is 48.7 Å². The van der Waals surface area contributed by atoms with Gasteiger partial charge in [0, 0.05) is 16.1 Å². The molecule has 0 radical (unpaired) electrons. The van der Waals surface area contributed by atoms with Crippen LogP contribution in [-0.4, -0.2) is 6.04 Å². The Labute approximate surface area is 129 Å².